The summed E-state index contributed by atoms with van der Waals surface area (Å²) in [6, 6.07) is 7.22. The molecule has 7 heteroatoms. The molecule has 2 aromatic rings. The Hall–Kier alpha value is -2.18. The molecular formula is C16H15ClN2O3S. The lowest BCUT2D eigenvalue weighted by Gasteiger charge is -1.99. The predicted octanol–water partition coefficient (Wildman–Crippen LogP) is 3.55. The SMILES string of the molecule is CCOC(=O)Cc1csc(NC(=O)C=Cc2ccccc2Cl)n1. The molecule has 1 aromatic carbocycles. The minimum Gasteiger partial charge on any atom is -0.466 e. The summed E-state index contributed by atoms with van der Waals surface area (Å²) >= 11 is 7.26. The van der Waals surface area contributed by atoms with Crippen LogP contribution in [0.2, 0.25) is 5.02 Å². The maximum Gasteiger partial charge on any atom is 0.311 e. The summed E-state index contributed by atoms with van der Waals surface area (Å²) in [6.45, 7) is 2.08. The number of nitrogens with one attached hydrogen (secondary N) is 1. The molecule has 0 unspecified atom stereocenters. The Bertz CT molecular complexity index is 728. The molecule has 0 atom stereocenters. The number of rotatable bonds is 6. The number of aromatic nitrogens is 1. The van der Waals surface area contributed by atoms with Gasteiger partial charge in [-0.15, -0.1) is 11.3 Å². The van der Waals surface area contributed by atoms with E-state index < -0.39 is 0 Å². The predicted molar refractivity (Wildman–Crippen MR) is 91.6 cm³/mol. The number of hydrogen-bond acceptors (Lipinski definition) is 5. The van der Waals surface area contributed by atoms with E-state index in [-0.39, 0.29) is 18.3 Å². The van der Waals surface area contributed by atoms with Crippen molar-refractivity contribution in [3.8, 4) is 0 Å². The van der Waals surface area contributed by atoms with Crippen LogP contribution in [0, 0.1) is 0 Å². The molecule has 0 aliphatic rings. The van der Waals surface area contributed by atoms with Crippen molar-refractivity contribution >= 4 is 46.0 Å². The second-order valence-electron chi connectivity index (χ2n) is 4.47. The quantitative estimate of drug-likeness (QED) is 0.639. The summed E-state index contributed by atoms with van der Waals surface area (Å²) in [4.78, 5) is 27.4. The molecule has 5 nitrogen and oxygen atoms in total. The van der Waals surface area contributed by atoms with Gasteiger partial charge < -0.3 is 4.74 Å². The van der Waals surface area contributed by atoms with Gasteiger partial charge in [0.15, 0.2) is 5.13 Å². The molecule has 0 spiro atoms. The van der Waals surface area contributed by atoms with Crippen molar-refractivity contribution in [1.82, 2.24) is 4.98 Å². The van der Waals surface area contributed by atoms with Crippen molar-refractivity contribution in [3.05, 3.63) is 52.0 Å². The van der Waals surface area contributed by atoms with Gasteiger partial charge in [-0.05, 0) is 24.6 Å². The molecule has 0 radical (unpaired) electrons. The molecule has 0 saturated carbocycles. The molecular weight excluding hydrogens is 336 g/mol. The number of amides is 1. The number of benzene rings is 1. The molecule has 0 aliphatic heterocycles. The number of hydrogen-bond donors (Lipinski definition) is 1. The van der Waals surface area contributed by atoms with Crippen LogP contribution < -0.4 is 5.32 Å². The van der Waals surface area contributed by atoms with E-state index >= 15 is 0 Å². The largest absolute Gasteiger partial charge is 0.466 e. The highest BCUT2D eigenvalue weighted by molar-refractivity contribution is 7.14. The van der Waals surface area contributed by atoms with Gasteiger partial charge in [-0.2, -0.15) is 0 Å². The molecule has 0 saturated heterocycles. The lowest BCUT2D eigenvalue weighted by Crippen LogP contribution is -2.09. The zero-order valence-corrected chi connectivity index (χ0v) is 14.0. The Balaban J connectivity index is 1.92. The number of carbonyl (C=O) groups is 2. The van der Waals surface area contributed by atoms with Crippen LogP contribution in [0.3, 0.4) is 0 Å². The minimum atomic E-state index is -0.339. The highest BCUT2D eigenvalue weighted by atomic mass is 35.5. The van der Waals surface area contributed by atoms with Gasteiger partial charge in [0.2, 0.25) is 5.91 Å². The fourth-order valence-electron chi connectivity index (χ4n) is 1.73. The number of halogens is 1. The third-order valence-corrected chi connectivity index (χ3v) is 3.88. The minimum absolute atomic E-state index is 0.0929. The number of anilines is 1. The lowest BCUT2D eigenvalue weighted by atomic mass is 10.2. The topological polar surface area (TPSA) is 68.3 Å². The first-order valence-electron chi connectivity index (χ1n) is 6.92. The number of carbonyl (C=O) groups excluding carboxylic acids is 2. The average molecular weight is 351 g/mol. The Morgan fingerprint density at radius 3 is 2.91 bits per heavy atom. The normalized spacial score (nSPS) is 10.7. The van der Waals surface area contributed by atoms with Crippen molar-refractivity contribution in [2.45, 2.75) is 13.3 Å². The first kappa shape index (κ1) is 17.2. The molecule has 1 aromatic heterocycles. The van der Waals surface area contributed by atoms with Gasteiger partial charge in [0.05, 0.1) is 18.7 Å². The van der Waals surface area contributed by atoms with Crippen LogP contribution in [0.1, 0.15) is 18.2 Å². The van der Waals surface area contributed by atoms with Crippen molar-refractivity contribution in [1.29, 1.82) is 0 Å². The second-order valence-corrected chi connectivity index (χ2v) is 5.74. The van der Waals surface area contributed by atoms with E-state index in [0.29, 0.717) is 22.5 Å². The van der Waals surface area contributed by atoms with Crippen molar-refractivity contribution in [3.63, 3.8) is 0 Å². The first-order valence-corrected chi connectivity index (χ1v) is 8.18. The number of thiazole rings is 1. The van der Waals surface area contributed by atoms with Gasteiger partial charge in [0.1, 0.15) is 0 Å². The van der Waals surface area contributed by atoms with Crippen LogP contribution in [0.25, 0.3) is 6.08 Å². The van der Waals surface area contributed by atoms with Gasteiger partial charge in [0, 0.05) is 16.5 Å². The number of esters is 1. The highest BCUT2D eigenvalue weighted by Crippen LogP contribution is 2.18. The van der Waals surface area contributed by atoms with Gasteiger partial charge >= 0.3 is 5.97 Å². The molecule has 23 heavy (non-hydrogen) atoms. The molecule has 0 bridgehead atoms. The van der Waals surface area contributed by atoms with E-state index in [1.54, 1.807) is 24.4 Å². The highest BCUT2D eigenvalue weighted by Gasteiger charge is 2.09. The van der Waals surface area contributed by atoms with Crippen molar-refractivity contribution in [2.24, 2.45) is 0 Å². The fourth-order valence-corrected chi connectivity index (χ4v) is 2.64. The third-order valence-electron chi connectivity index (χ3n) is 2.73. The zero-order chi connectivity index (χ0) is 16.7. The van der Waals surface area contributed by atoms with Crippen LogP contribution in [-0.2, 0) is 20.7 Å². The molecule has 1 amide bonds. The van der Waals surface area contributed by atoms with Gasteiger partial charge in [-0.25, -0.2) is 4.98 Å². The molecule has 0 aliphatic carbocycles. The van der Waals surface area contributed by atoms with Crippen LogP contribution in [-0.4, -0.2) is 23.5 Å². The standard InChI is InChI=1S/C16H15ClN2O3S/c1-2-22-15(21)9-12-10-23-16(18-12)19-14(20)8-7-11-5-3-4-6-13(11)17/h3-8,10H,2,9H2,1H3,(H,18,19,20). The Labute approximate surface area is 143 Å². The fraction of sp³-hybridized carbons (Fsp3) is 0.188. The van der Waals surface area contributed by atoms with E-state index in [2.05, 4.69) is 10.3 Å². The van der Waals surface area contributed by atoms with E-state index in [1.807, 2.05) is 18.2 Å². The maximum absolute atomic E-state index is 11.9. The van der Waals surface area contributed by atoms with E-state index in [1.165, 1.54) is 17.4 Å². The molecule has 2 rings (SSSR count). The second kappa shape index (κ2) is 8.45. The average Bonchev–Trinajstić information content (AvgIpc) is 2.93. The molecule has 1 N–H and O–H groups in total. The summed E-state index contributed by atoms with van der Waals surface area (Å²) in [6.07, 6.45) is 3.11. The van der Waals surface area contributed by atoms with E-state index in [4.69, 9.17) is 16.3 Å². The number of nitrogens with zero attached hydrogens (tertiary/aromatic N) is 1. The van der Waals surface area contributed by atoms with Crippen LogP contribution in [0.5, 0.6) is 0 Å². The van der Waals surface area contributed by atoms with Crippen molar-refractivity contribution < 1.29 is 14.3 Å². The summed E-state index contributed by atoms with van der Waals surface area (Å²) < 4.78 is 4.85. The lowest BCUT2D eigenvalue weighted by molar-refractivity contribution is -0.142. The summed E-state index contributed by atoms with van der Waals surface area (Å²) in [5.74, 6) is -0.656. The Morgan fingerprint density at radius 1 is 1.39 bits per heavy atom. The Morgan fingerprint density at radius 2 is 2.17 bits per heavy atom. The zero-order valence-electron chi connectivity index (χ0n) is 12.4. The molecule has 120 valence electrons. The van der Waals surface area contributed by atoms with Gasteiger partial charge in [-0.1, -0.05) is 29.8 Å². The van der Waals surface area contributed by atoms with E-state index in [0.717, 1.165) is 5.56 Å². The first-order chi connectivity index (χ1) is 11.1. The van der Waals surface area contributed by atoms with Crippen LogP contribution in [0.4, 0.5) is 5.13 Å². The van der Waals surface area contributed by atoms with Gasteiger partial charge in [0.25, 0.3) is 0 Å². The van der Waals surface area contributed by atoms with Crippen LogP contribution >= 0.6 is 22.9 Å². The summed E-state index contributed by atoms with van der Waals surface area (Å²) in [5.41, 5.74) is 1.32. The van der Waals surface area contributed by atoms with Crippen molar-refractivity contribution in [2.75, 3.05) is 11.9 Å². The monoisotopic (exact) mass is 350 g/mol. The molecule has 0 fully saturated rings. The van der Waals surface area contributed by atoms with Crippen LogP contribution in [0.15, 0.2) is 35.7 Å². The number of ether oxygens (including phenoxy) is 1. The molecule has 1 heterocycles. The summed E-state index contributed by atoms with van der Waals surface area (Å²) in [5, 5.41) is 5.36. The summed E-state index contributed by atoms with van der Waals surface area (Å²) in [7, 11) is 0. The smallest absolute Gasteiger partial charge is 0.311 e. The Kier molecular flexibility index (Phi) is 6.31. The third kappa shape index (κ3) is 5.50. The maximum atomic E-state index is 11.9. The van der Waals surface area contributed by atoms with Gasteiger partial charge in [-0.3, -0.25) is 14.9 Å². The van der Waals surface area contributed by atoms with E-state index in [9.17, 15) is 9.59 Å².